The summed E-state index contributed by atoms with van der Waals surface area (Å²) < 4.78 is 39.0. The summed E-state index contributed by atoms with van der Waals surface area (Å²) in [5.41, 5.74) is 1.13. The van der Waals surface area contributed by atoms with Crippen molar-refractivity contribution in [3.05, 3.63) is 53.6 Å². The van der Waals surface area contributed by atoms with E-state index >= 15 is 0 Å². The Morgan fingerprint density at radius 3 is 2.23 bits per heavy atom. The summed E-state index contributed by atoms with van der Waals surface area (Å²) in [7, 11) is 2.66. The van der Waals surface area contributed by atoms with Gasteiger partial charge in [-0.1, -0.05) is 12.1 Å². The number of carbonyl (C=O) groups is 1. The van der Waals surface area contributed by atoms with Crippen molar-refractivity contribution in [3.8, 4) is 23.0 Å². The molecule has 0 radical (unpaired) electrons. The van der Waals surface area contributed by atoms with E-state index in [1.54, 1.807) is 12.1 Å². The highest BCUT2D eigenvalue weighted by atomic mass is 16.7. The van der Waals surface area contributed by atoms with E-state index in [1.807, 2.05) is 0 Å². The number of carbonyl (C=O) groups excluding carboxylic acids is 1. The quantitative estimate of drug-likeness (QED) is 0.0718. The third-order valence-corrected chi connectivity index (χ3v) is 7.74. The van der Waals surface area contributed by atoms with Crippen molar-refractivity contribution >= 4 is 12.0 Å². The predicted octanol–water partition coefficient (Wildman–Crippen LogP) is -1.09. The molecule has 8 N–H and O–H groups in total. The SMILES string of the molecule is COc1cc(C=CC(=O)OCC2OC(OCCc3ccc(O)c(O)c3)C(O)C(OC3OC(CO)C(O)C(O)C3O)C2OC)ccc1O. The summed E-state index contributed by atoms with van der Waals surface area (Å²) in [6.45, 7) is -1.19. The number of esters is 1. The number of benzene rings is 2. The zero-order valence-electron chi connectivity index (χ0n) is 25.6. The number of methoxy groups -OCH3 is 2. The minimum absolute atomic E-state index is 0.0539. The van der Waals surface area contributed by atoms with Crippen molar-refractivity contribution in [1.82, 2.24) is 0 Å². The minimum Gasteiger partial charge on any atom is -0.504 e. The molecule has 0 amide bonds. The van der Waals surface area contributed by atoms with E-state index in [0.717, 1.165) is 6.08 Å². The molecule has 2 aromatic carbocycles. The van der Waals surface area contributed by atoms with Crippen molar-refractivity contribution in [1.29, 1.82) is 0 Å². The van der Waals surface area contributed by atoms with Crippen molar-refractivity contribution in [2.75, 3.05) is 34.0 Å². The summed E-state index contributed by atoms with van der Waals surface area (Å²) >= 11 is 0. The normalized spacial score (nSPS) is 31.1. The zero-order valence-corrected chi connectivity index (χ0v) is 25.6. The molecule has 2 heterocycles. The Hall–Kier alpha value is -3.55. The minimum atomic E-state index is -1.79. The summed E-state index contributed by atoms with van der Waals surface area (Å²) in [6.07, 6.45) is -12.0. The Morgan fingerprint density at radius 2 is 1.55 bits per heavy atom. The third-order valence-electron chi connectivity index (χ3n) is 7.74. The van der Waals surface area contributed by atoms with E-state index in [0.29, 0.717) is 11.1 Å². The van der Waals surface area contributed by atoms with Crippen LogP contribution in [0.5, 0.6) is 23.0 Å². The highest BCUT2D eigenvalue weighted by Crippen LogP contribution is 2.32. The number of ether oxygens (including phenoxy) is 7. The predicted molar refractivity (Wildman–Crippen MR) is 158 cm³/mol. The first-order chi connectivity index (χ1) is 22.5. The maximum absolute atomic E-state index is 12.6. The third kappa shape index (κ3) is 8.88. The summed E-state index contributed by atoms with van der Waals surface area (Å²) in [6, 6.07) is 8.67. The fourth-order valence-electron chi connectivity index (χ4n) is 5.13. The summed E-state index contributed by atoms with van der Waals surface area (Å²) in [4.78, 5) is 12.6. The molecule has 260 valence electrons. The Balaban J connectivity index is 1.49. The van der Waals surface area contributed by atoms with Gasteiger partial charge in [-0.25, -0.2) is 4.79 Å². The highest BCUT2D eigenvalue weighted by Gasteiger charge is 2.51. The summed E-state index contributed by atoms with van der Waals surface area (Å²) in [5, 5.41) is 80.9. The van der Waals surface area contributed by atoms with Crippen LogP contribution in [0.3, 0.4) is 0 Å². The largest absolute Gasteiger partial charge is 0.504 e. The monoisotopic (exact) mass is 668 g/mol. The first kappa shape index (κ1) is 36.3. The lowest BCUT2D eigenvalue weighted by Crippen LogP contribution is -2.65. The first-order valence-corrected chi connectivity index (χ1v) is 14.6. The van der Waals surface area contributed by atoms with Crippen LogP contribution < -0.4 is 4.74 Å². The molecule has 2 fully saturated rings. The van der Waals surface area contributed by atoms with Crippen molar-refractivity contribution in [3.63, 3.8) is 0 Å². The molecule has 2 aliphatic rings. The van der Waals surface area contributed by atoms with E-state index in [1.165, 1.54) is 44.6 Å². The van der Waals surface area contributed by atoms with E-state index in [9.17, 15) is 45.6 Å². The van der Waals surface area contributed by atoms with Gasteiger partial charge in [-0.3, -0.25) is 0 Å². The smallest absolute Gasteiger partial charge is 0.330 e. The molecule has 2 aliphatic heterocycles. The highest BCUT2D eigenvalue weighted by molar-refractivity contribution is 5.87. The molecular formula is C31H40O16. The Labute approximate surface area is 269 Å². The molecule has 10 unspecified atom stereocenters. The number of aliphatic hydroxyl groups excluding tert-OH is 5. The maximum Gasteiger partial charge on any atom is 0.330 e. The van der Waals surface area contributed by atoms with Gasteiger partial charge in [-0.15, -0.1) is 0 Å². The second kappa shape index (κ2) is 16.5. The maximum atomic E-state index is 12.6. The van der Waals surface area contributed by atoms with Gasteiger partial charge in [0.15, 0.2) is 35.6 Å². The topological polar surface area (TPSA) is 244 Å². The number of hydrogen-bond acceptors (Lipinski definition) is 16. The molecule has 0 aromatic heterocycles. The Bertz CT molecular complexity index is 1350. The second-order valence-electron chi connectivity index (χ2n) is 10.9. The molecule has 4 rings (SSSR count). The number of rotatable bonds is 13. The van der Waals surface area contributed by atoms with Crippen LogP contribution in [0.4, 0.5) is 0 Å². The molecule has 10 atom stereocenters. The van der Waals surface area contributed by atoms with E-state index in [-0.39, 0.29) is 36.0 Å². The zero-order chi connectivity index (χ0) is 34.2. The van der Waals surface area contributed by atoms with Crippen molar-refractivity contribution in [2.45, 2.75) is 67.8 Å². The Kier molecular flexibility index (Phi) is 12.8. The molecule has 0 saturated carbocycles. The molecule has 0 bridgehead atoms. The molecule has 47 heavy (non-hydrogen) atoms. The van der Waals surface area contributed by atoms with Gasteiger partial charge in [0, 0.05) is 13.2 Å². The molecule has 0 aliphatic carbocycles. The van der Waals surface area contributed by atoms with Gasteiger partial charge in [-0.2, -0.15) is 0 Å². The van der Waals surface area contributed by atoms with Gasteiger partial charge in [0.05, 0.1) is 20.3 Å². The van der Waals surface area contributed by atoms with Gasteiger partial charge >= 0.3 is 5.97 Å². The van der Waals surface area contributed by atoms with Gasteiger partial charge < -0.3 is 74.0 Å². The van der Waals surface area contributed by atoms with Crippen LogP contribution in [0.2, 0.25) is 0 Å². The molecule has 0 spiro atoms. The lowest BCUT2D eigenvalue weighted by molar-refractivity contribution is -0.361. The molecule has 16 nitrogen and oxygen atoms in total. The van der Waals surface area contributed by atoms with E-state index in [2.05, 4.69) is 0 Å². The number of aromatic hydroxyl groups is 3. The fraction of sp³-hybridized carbons (Fsp3) is 0.516. The van der Waals surface area contributed by atoms with E-state index < -0.39 is 80.6 Å². The Morgan fingerprint density at radius 1 is 0.830 bits per heavy atom. The van der Waals surface area contributed by atoms with Crippen LogP contribution in [0.1, 0.15) is 11.1 Å². The van der Waals surface area contributed by atoms with Gasteiger partial charge in [0.1, 0.15) is 55.4 Å². The van der Waals surface area contributed by atoms with Crippen LogP contribution >= 0.6 is 0 Å². The summed E-state index contributed by atoms with van der Waals surface area (Å²) in [5.74, 6) is -1.27. The average Bonchev–Trinajstić information content (AvgIpc) is 3.06. The second-order valence-corrected chi connectivity index (χ2v) is 10.9. The van der Waals surface area contributed by atoms with Crippen LogP contribution in [0.15, 0.2) is 42.5 Å². The van der Waals surface area contributed by atoms with Crippen LogP contribution in [0.25, 0.3) is 6.08 Å². The van der Waals surface area contributed by atoms with Gasteiger partial charge in [0.25, 0.3) is 0 Å². The molecule has 2 aromatic rings. The number of phenols is 3. The fourth-order valence-corrected chi connectivity index (χ4v) is 5.13. The van der Waals surface area contributed by atoms with Crippen LogP contribution in [-0.4, -0.2) is 142 Å². The molecule has 2 saturated heterocycles. The number of phenolic OH excluding ortho intramolecular Hbond substituents is 3. The average molecular weight is 669 g/mol. The van der Waals surface area contributed by atoms with Crippen LogP contribution in [-0.2, 0) is 39.6 Å². The van der Waals surface area contributed by atoms with Crippen molar-refractivity contribution < 1.29 is 78.8 Å². The first-order valence-electron chi connectivity index (χ1n) is 14.6. The number of aliphatic hydroxyl groups is 5. The lowest BCUT2D eigenvalue weighted by atomic mass is 9.96. The van der Waals surface area contributed by atoms with Crippen molar-refractivity contribution in [2.24, 2.45) is 0 Å². The standard InChI is InChI=1S/C31H40O16/c1-41-20-12-15(4-7-18(20)34)5-8-23(36)44-14-22-28(42-2)29(47-31-26(39)25(38)24(37)21(13-32)45-31)27(40)30(46-22)43-10-9-16-3-6-17(33)19(35)11-16/h3-8,11-12,21-22,24-35,37-40H,9-10,13-14H2,1-2H3. The van der Waals surface area contributed by atoms with Crippen LogP contribution in [0, 0.1) is 0 Å². The molecular weight excluding hydrogens is 628 g/mol. The molecule has 16 heteroatoms. The van der Waals surface area contributed by atoms with Gasteiger partial charge in [-0.05, 0) is 47.9 Å². The lowest BCUT2D eigenvalue weighted by Gasteiger charge is -2.46. The van der Waals surface area contributed by atoms with E-state index in [4.69, 9.17) is 33.2 Å². The van der Waals surface area contributed by atoms with Gasteiger partial charge in [0.2, 0.25) is 0 Å². The number of hydrogen-bond donors (Lipinski definition) is 8.